The first-order chi connectivity index (χ1) is 8.65. The molecular formula is C13H19BrFNO2. The SMILES string of the molecule is COCCCOCCNc1cc(Br)c(F)cc1C. The van der Waals surface area contributed by atoms with Gasteiger partial charge in [0.2, 0.25) is 0 Å². The van der Waals surface area contributed by atoms with Crippen LogP contribution >= 0.6 is 15.9 Å². The van der Waals surface area contributed by atoms with E-state index in [1.807, 2.05) is 6.92 Å². The van der Waals surface area contributed by atoms with Gasteiger partial charge in [0.25, 0.3) is 0 Å². The molecule has 0 aliphatic heterocycles. The molecular weight excluding hydrogens is 301 g/mol. The molecule has 0 saturated heterocycles. The summed E-state index contributed by atoms with van der Waals surface area (Å²) in [4.78, 5) is 0. The average Bonchev–Trinajstić information content (AvgIpc) is 2.34. The highest BCUT2D eigenvalue weighted by molar-refractivity contribution is 9.10. The molecule has 102 valence electrons. The van der Waals surface area contributed by atoms with E-state index in [0.717, 1.165) is 24.3 Å². The maximum atomic E-state index is 13.2. The molecule has 3 nitrogen and oxygen atoms in total. The Kier molecular flexibility index (Phi) is 7.23. The zero-order valence-corrected chi connectivity index (χ0v) is 12.3. The van der Waals surface area contributed by atoms with Crippen molar-refractivity contribution in [2.75, 3.05) is 38.8 Å². The molecule has 0 fully saturated rings. The quantitative estimate of drug-likeness (QED) is 0.745. The van der Waals surface area contributed by atoms with Crippen LogP contribution in [0.5, 0.6) is 0 Å². The molecule has 0 aromatic heterocycles. The van der Waals surface area contributed by atoms with Crippen LogP contribution in [0.15, 0.2) is 16.6 Å². The normalized spacial score (nSPS) is 10.7. The molecule has 0 unspecified atom stereocenters. The van der Waals surface area contributed by atoms with Gasteiger partial charge < -0.3 is 14.8 Å². The monoisotopic (exact) mass is 319 g/mol. The van der Waals surface area contributed by atoms with E-state index in [2.05, 4.69) is 21.2 Å². The summed E-state index contributed by atoms with van der Waals surface area (Å²) in [6.45, 7) is 4.61. The number of ether oxygens (including phenoxy) is 2. The number of methoxy groups -OCH3 is 1. The Morgan fingerprint density at radius 3 is 2.78 bits per heavy atom. The van der Waals surface area contributed by atoms with Crippen molar-refractivity contribution >= 4 is 21.6 Å². The molecule has 0 heterocycles. The van der Waals surface area contributed by atoms with Gasteiger partial charge in [0.15, 0.2) is 0 Å². The molecule has 0 radical (unpaired) electrons. The van der Waals surface area contributed by atoms with Gasteiger partial charge in [-0.15, -0.1) is 0 Å². The van der Waals surface area contributed by atoms with Crippen molar-refractivity contribution in [3.63, 3.8) is 0 Å². The highest BCUT2D eigenvalue weighted by Crippen LogP contribution is 2.23. The molecule has 0 atom stereocenters. The van der Waals surface area contributed by atoms with Crippen molar-refractivity contribution in [2.45, 2.75) is 13.3 Å². The summed E-state index contributed by atoms with van der Waals surface area (Å²) >= 11 is 3.17. The van der Waals surface area contributed by atoms with Crippen LogP contribution in [-0.4, -0.2) is 33.5 Å². The van der Waals surface area contributed by atoms with Gasteiger partial charge in [0.1, 0.15) is 5.82 Å². The smallest absolute Gasteiger partial charge is 0.137 e. The van der Waals surface area contributed by atoms with E-state index >= 15 is 0 Å². The lowest BCUT2D eigenvalue weighted by atomic mass is 10.2. The van der Waals surface area contributed by atoms with Crippen molar-refractivity contribution in [2.24, 2.45) is 0 Å². The van der Waals surface area contributed by atoms with Crippen molar-refractivity contribution in [1.29, 1.82) is 0 Å². The summed E-state index contributed by atoms with van der Waals surface area (Å²) in [5, 5.41) is 3.22. The van der Waals surface area contributed by atoms with Gasteiger partial charge in [-0.25, -0.2) is 4.39 Å². The maximum absolute atomic E-state index is 13.2. The topological polar surface area (TPSA) is 30.5 Å². The van der Waals surface area contributed by atoms with Crippen LogP contribution in [0.25, 0.3) is 0 Å². The number of aryl methyl sites for hydroxylation is 1. The van der Waals surface area contributed by atoms with Gasteiger partial charge in [-0.1, -0.05) is 0 Å². The molecule has 18 heavy (non-hydrogen) atoms. The number of hydrogen-bond acceptors (Lipinski definition) is 3. The standard InChI is InChI=1S/C13H19BrFNO2/c1-10-8-12(15)11(14)9-13(10)16-4-7-18-6-3-5-17-2/h8-9,16H,3-7H2,1-2H3. The highest BCUT2D eigenvalue weighted by Gasteiger charge is 2.04. The van der Waals surface area contributed by atoms with Crippen molar-refractivity contribution < 1.29 is 13.9 Å². The number of rotatable bonds is 8. The Bertz CT molecular complexity index is 374. The summed E-state index contributed by atoms with van der Waals surface area (Å²) in [6, 6.07) is 3.25. The van der Waals surface area contributed by atoms with Crippen molar-refractivity contribution in [1.82, 2.24) is 0 Å². The van der Waals surface area contributed by atoms with E-state index in [9.17, 15) is 4.39 Å². The second-order valence-electron chi connectivity index (χ2n) is 3.97. The first-order valence-electron chi connectivity index (χ1n) is 5.91. The van der Waals surface area contributed by atoms with Crippen LogP contribution in [0, 0.1) is 12.7 Å². The largest absolute Gasteiger partial charge is 0.385 e. The summed E-state index contributed by atoms with van der Waals surface area (Å²) in [5.41, 5.74) is 1.80. The average molecular weight is 320 g/mol. The van der Waals surface area contributed by atoms with Gasteiger partial charge in [-0.3, -0.25) is 0 Å². The highest BCUT2D eigenvalue weighted by atomic mass is 79.9. The van der Waals surface area contributed by atoms with E-state index in [1.165, 1.54) is 6.07 Å². The summed E-state index contributed by atoms with van der Waals surface area (Å²) in [6.07, 6.45) is 0.900. The van der Waals surface area contributed by atoms with Gasteiger partial charge in [-0.05, 0) is 47.0 Å². The molecule has 0 amide bonds. The zero-order valence-electron chi connectivity index (χ0n) is 10.8. The van der Waals surface area contributed by atoms with Gasteiger partial charge in [0, 0.05) is 32.6 Å². The molecule has 1 rings (SSSR count). The van der Waals surface area contributed by atoms with Crippen LogP contribution in [-0.2, 0) is 9.47 Å². The van der Waals surface area contributed by atoms with E-state index in [-0.39, 0.29) is 5.82 Å². The minimum absolute atomic E-state index is 0.242. The lowest BCUT2D eigenvalue weighted by Gasteiger charge is -2.11. The molecule has 1 N–H and O–H groups in total. The lowest BCUT2D eigenvalue weighted by Crippen LogP contribution is -2.11. The predicted molar refractivity (Wildman–Crippen MR) is 74.6 cm³/mol. The van der Waals surface area contributed by atoms with Crippen LogP contribution in [0.4, 0.5) is 10.1 Å². The van der Waals surface area contributed by atoms with Crippen LogP contribution in [0.2, 0.25) is 0 Å². The van der Waals surface area contributed by atoms with E-state index < -0.39 is 0 Å². The number of nitrogens with one attached hydrogen (secondary N) is 1. The van der Waals surface area contributed by atoms with Crippen LogP contribution in [0.1, 0.15) is 12.0 Å². The third kappa shape index (κ3) is 5.33. The van der Waals surface area contributed by atoms with Gasteiger partial charge in [0.05, 0.1) is 11.1 Å². The summed E-state index contributed by atoms with van der Waals surface area (Å²) in [7, 11) is 1.68. The fourth-order valence-corrected chi connectivity index (χ4v) is 1.85. The lowest BCUT2D eigenvalue weighted by molar-refractivity contribution is 0.109. The van der Waals surface area contributed by atoms with E-state index in [4.69, 9.17) is 9.47 Å². The molecule has 0 aliphatic rings. The Morgan fingerprint density at radius 2 is 2.06 bits per heavy atom. The fraction of sp³-hybridized carbons (Fsp3) is 0.538. The van der Waals surface area contributed by atoms with Crippen molar-refractivity contribution in [3.8, 4) is 0 Å². The van der Waals surface area contributed by atoms with Gasteiger partial charge in [-0.2, -0.15) is 0 Å². The predicted octanol–water partition coefficient (Wildman–Crippen LogP) is 3.36. The molecule has 0 aliphatic carbocycles. The Morgan fingerprint density at radius 1 is 1.28 bits per heavy atom. The van der Waals surface area contributed by atoms with Crippen molar-refractivity contribution in [3.05, 3.63) is 28.0 Å². The maximum Gasteiger partial charge on any atom is 0.137 e. The van der Waals surface area contributed by atoms with E-state index in [1.54, 1.807) is 13.2 Å². The number of anilines is 1. The Labute approximate surface area is 116 Å². The number of benzene rings is 1. The molecule has 5 heteroatoms. The van der Waals surface area contributed by atoms with Gasteiger partial charge >= 0.3 is 0 Å². The third-order valence-corrected chi connectivity index (χ3v) is 3.07. The Balaban J connectivity index is 2.25. The van der Waals surface area contributed by atoms with Crippen LogP contribution in [0.3, 0.4) is 0 Å². The Hall–Kier alpha value is -0.650. The summed E-state index contributed by atoms with van der Waals surface area (Å²) in [5.74, 6) is -0.242. The minimum Gasteiger partial charge on any atom is -0.385 e. The number of hydrogen-bond donors (Lipinski definition) is 1. The number of halogens is 2. The fourth-order valence-electron chi connectivity index (χ4n) is 1.50. The third-order valence-electron chi connectivity index (χ3n) is 2.47. The first kappa shape index (κ1) is 15.4. The molecule has 0 bridgehead atoms. The molecule has 1 aromatic rings. The molecule has 0 saturated carbocycles. The summed E-state index contributed by atoms with van der Waals surface area (Å²) < 4.78 is 24.0. The molecule has 0 spiro atoms. The zero-order chi connectivity index (χ0) is 13.4. The van der Waals surface area contributed by atoms with E-state index in [0.29, 0.717) is 24.2 Å². The first-order valence-corrected chi connectivity index (χ1v) is 6.70. The second kappa shape index (κ2) is 8.45. The van der Waals surface area contributed by atoms with Crippen LogP contribution < -0.4 is 5.32 Å². The minimum atomic E-state index is -0.242. The molecule has 1 aromatic carbocycles. The second-order valence-corrected chi connectivity index (χ2v) is 4.82.